The molecule has 4 rings (SSSR count). The number of nitrogen functional groups attached to an aromatic ring is 1. The van der Waals surface area contributed by atoms with Gasteiger partial charge in [0.25, 0.3) is 5.91 Å². The van der Waals surface area contributed by atoms with Gasteiger partial charge in [-0.15, -0.1) is 0 Å². The third kappa shape index (κ3) is 3.08. The summed E-state index contributed by atoms with van der Waals surface area (Å²) < 4.78 is 5.52. The van der Waals surface area contributed by atoms with Crippen LogP contribution in [0.25, 0.3) is 11.4 Å². The molecule has 0 aliphatic carbocycles. The summed E-state index contributed by atoms with van der Waals surface area (Å²) in [5.74, 6) is -1.27. The maximum absolute atomic E-state index is 12.1. The van der Waals surface area contributed by atoms with Gasteiger partial charge in [-0.05, 0) is 30.2 Å². The van der Waals surface area contributed by atoms with Crippen LogP contribution in [-0.4, -0.2) is 52.6 Å². The van der Waals surface area contributed by atoms with Crippen LogP contribution in [0.5, 0.6) is 5.88 Å². The minimum Gasteiger partial charge on any atom is -0.480 e. The van der Waals surface area contributed by atoms with Crippen LogP contribution in [0.3, 0.4) is 0 Å². The monoisotopic (exact) mass is 383 g/mol. The summed E-state index contributed by atoms with van der Waals surface area (Å²) in [6.07, 6.45) is 0.706. The van der Waals surface area contributed by atoms with Gasteiger partial charge < -0.3 is 25.8 Å². The Hall–Kier alpha value is -3.69. The Morgan fingerprint density at radius 3 is 2.89 bits per heavy atom. The van der Waals surface area contributed by atoms with Crippen LogP contribution < -0.4 is 20.7 Å². The number of benzene rings is 1. The number of hydrogen-bond acceptors (Lipinski definition) is 7. The first-order valence-corrected chi connectivity index (χ1v) is 8.68. The molecule has 2 aliphatic heterocycles. The number of rotatable bonds is 3. The SMILES string of the molecule is Nc1nc(-c2ccc3c(c2)CCC(=O)N3CC(=O)O)nc2c1C(=O)NCCO2. The minimum atomic E-state index is -1.08. The molecule has 0 fully saturated rings. The predicted molar refractivity (Wildman–Crippen MR) is 98.0 cm³/mol. The first-order chi connectivity index (χ1) is 13.4. The average Bonchev–Trinajstić information content (AvgIpc) is 2.85. The Labute approximate surface area is 159 Å². The van der Waals surface area contributed by atoms with E-state index in [0.29, 0.717) is 24.2 Å². The molecule has 2 aromatic rings. The van der Waals surface area contributed by atoms with E-state index >= 15 is 0 Å². The number of aliphatic carboxylic acids is 1. The van der Waals surface area contributed by atoms with E-state index in [9.17, 15) is 14.4 Å². The van der Waals surface area contributed by atoms with Crippen LogP contribution in [0, 0.1) is 0 Å². The minimum absolute atomic E-state index is 0.0137. The van der Waals surface area contributed by atoms with Crippen LogP contribution in [0.4, 0.5) is 11.5 Å². The lowest BCUT2D eigenvalue weighted by atomic mass is 9.98. The molecule has 0 saturated heterocycles. The summed E-state index contributed by atoms with van der Waals surface area (Å²) in [5, 5.41) is 11.7. The average molecular weight is 383 g/mol. The molecule has 1 aromatic heterocycles. The maximum Gasteiger partial charge on any atom is 0.323 e. The van der Waals surface area contributed by atoms with Crippen molar-refractivity contribution in [3.05, 3.63) is 29.3 Å². The normalized spacial score (nSPS) is 15.8. The van der Waals surface area contributed by atoms with Gasteiger partial charge in [0.1, 0.15) is 24.5 Å². The quantitative estimate of drug-likeness (QED) is 0.681. The van der Waals surface area contributed by atoms with E-state index in [1.54, 1.807) is 18.2 Å². The van der Waals surface area contributed by atoms with Crippen molar-refractivity contribution in [2.45, 2.75) is 12.8 Å². The van der Waals surface area contributed by atoms with Gasteiger partial charge in [-0.3, -0.25) is 14.4 Å². The molecule has 0 unspecified atom stereocenters. The number of ether oxygens (including phenoxy) is 1. The van der Waals surface area contributed by atoms with Gasteiger partial charge >= 0.3 is 5.97 Å². The molecular weight excluding hydrogens is 366 g/mol. The van der Waals surface area contributed by atoms with E-state index in [4.69, 9.17) is 15.6 Å². The fourth-order valence-corrected chi connectivity index (χ4v) is 3.31. The fraction of sp³-hybridized carbons (Fsp3) is 0.278. The topological polar surface area (TPSA) is 148 Å². The summed E-state index contributed by atoms with van der Waals surface area (Å²) in [6, 6.07) is 5.15. The number of hydrogen-bond donors (Lipinski definition) is 3. The van der Waals surface area contributed by atoms with Gasteiger partial charge in [0.15, 0.2) is 5.82 Å². The van der Waals surface area contributed by atoms with E-state index < -0.39 is 12.5 Å². The lowest BCUT2D eigenvalue weighted by Gasteiger charge is -2.28. The maximum atomic E-state index is 12.1. The van der Waals surface area contributed by atoms with E-state index in [1.165, 1.54) is 4.90 Å². The number of aromatic nitrogens is 2. The summed E-state index contributed by atoms with van der Waals surface area (Å²) in [6.45, 7) is 0.220. The second-order valence-corrected chi connectivity index (χ2v) is 6.43. The van der Waals surface area contributed by atoms with Crippen LogP contribution in [-0.2, 0) is 16.0 Å². The Balaban J connectivity index is 1.74. The van der Waals surface area contributed by atoms with E-state index in [-0.39, 0.29) is 47.9 Å². The number of fused-ring (bicyclic) bond motifs is 2. The van der Waals surface area contributed by atoms with Crippen molar-refractivity contribution in [2.24, 2.45) is 0 Å². The molecule has 2 aliphatic rings. The first kappa shape index (κ1) is 17.7. The summed E-state index contributed by atoms with van der Waals surface area (Å²) >= 11 is 0. The Morgan fingerprint density at radius 1 is 1.29 bits per heavy atom. The van der Waals surface area contributed by atoms with Crippen molar-refractivity contribution in [1.82, 2.24) is 15.3 Å². The number of nitrogens with one attached hydrogen (secondary N) is 1. The van der Waals surface area contributed by atoms with Gasteiger partial charge in [0.2, 0.25) is 11.8 Å². The second-order valence-electron chi connectivity index (χ2n) is 6.43. The number of anilines is 2. The van der Waals surface area contributed by atoms with Crippen LogP contribution in [0.2, 0.25) is 0 Å². The smallest absolute Gasteiger partial charge is 0.323 e. The van der Waals surface area contributed by atoms with Gasteiger partial charge in [-0.25, -0.2) is 4.98 Å². The Bertz CT molecular complexity index is 1010. The van der Waals surface area contributed by atoms with Crippen LogP contribution in [0.15, 0.2) is 18.2 Å². The summed E-state index contributed by atoms with van der Waals surface area (Å²) in [4.78, 5) is 45.1. The molecule has 0 atom stereocenters. The van der Waals surface area contributed by atoms with Crippen molar-refractivity contribution < 1.29 is 24.2 Å². The molecule has 144 valence electrons. The standard InChI is InChI=1S/C18H17N5O5/c19-15-14-17(27)20-5-6-28-18(14)22-16(21-15)10-1-3-11-9(7-10)2-4-12(24)23(11)8-13(25)26/h1,3,7H,2,4-6,8H2,(H,20,27)(H,25,26)(H2,19,21,22). The van der Waals surface area contributed by atoms with E-state index in [0.717, 1.165) is 5.56 Å². The van der Waals surface area contributed by atoms with Crippen LogP contribution in [0.1, 0.15) is 22.3 Å². The van der Waals surface area contributed by atoms with Crippen molar-refractivity contribution in [3.63, 3.8) is 0 Å². The highest BCUT2D eigenvalue weighted by Crippen LogP contribution is 2.33. The third-order valence-electron chi connectivity index (χ3n) is 4.59. The number of carboxylic acids is 1. The molecule has 4 N–H and O–H groups in total. The molecule has 0 saturated carbocycles. The second kappa shape index (κ2) is 6.80. The van der Waals surface area contributed by atoms with E-state index in [2.05, 4.69) is 15.3 Å². The first-order valence-electron chi connectivity index (χ1n) is 8.68. The Morgan fingerprint density at radius 2 is 2.11 bits per heavy atom. The summed E-state index contributed by atoms with van der Waals surface area (Å²) in [5.41, 5.74) is 8.07. The molecule has 0 bridgehead atoms. The van der Waals surface area contributed by atoms with Gasteiger partial charge in [0.05, 0.1) is 6.54 Å². The van der Waals surface area contributed by atoms with Gasteiger partial charge in [-0.1, -0.05) is 0 Å². The molecule has 10 nitrogen and oxygen atoms in total. The number of carbonyl (C=O) groups is 3. The lowest BCUT2D eigenvalue weighted by Crippen LogP contribution is -2.38. The third-order valence-corrected chi connectivity index (χ3v) is 4.59. The number of nitrogens with two attached hydrogens (primary N) is 1. The number of carbonyl (C=O) groups excluding carboxylic acids is 2. The number of nitrogens with zero attached hydrogens (tertiary/aromatic N) is 3. The highest BCUT2D eigenvalue weighted by atomic mass is 16.5. The molecule has 28 heavy (non-hydrogen) atoms. The zero-order valence-electron chi connectivity index (χ0n) is 14.8. The van der Waals surface area contributed by atoms with Crippen molar-refractivity contribution in [3.8, 4) is 17.3 Å². The number of amides is 2. The molecule has 0 radical (unpaired) electrons. The highest BCUT2D eigenvalue weighted by molar-refractivity contribution is 6.01. The van der Waals surface area contributed by atoms with Crippen LogP contribution >= 0.6 is 0 Å². The number of aryl methyl sites for hydroxylation is 1. The zero-order chi connectivity index (χ0) is 19.8. The molecule has 2 amide bonds. The molecular formula is C18H17N5O5. The number of carboxylic acid groups (broad SMARTS) is 1. The summed E-state index contributed by atoms with van der Waals surface area (Å²) in [7, 11) is 0. The van der Waals surface area contributed by atoms with Gasteiger partial charge in [-0.2, -0.15) is 4.98 Å². The van der Waals surface area contributed by atoms with Crippen molar-refractivity contribution >= 4 is 29.3 Å². The van der Waals surface area contributed by atoms with Crippen molar-refractivity contribution in [2.75, 3.05) is 30.3 Å². The predicted octanol–water partition coefficient (Wildman–Crippen LogP) is 0.212. The lowest BCUT2D eigenvalue weighted by molar-refractivity contribution is -0.136. The highest BCUT2D eigenvalue weighted by Gasteiger charge is 2.27. The molecule has 10 heteroatoms. The Kier molecular flexibility index (Phi) is 4.30. The van der Waals surface area contributed by atoms with E-state index in [1.807, 2.05) is 0 Å². The van der Waals surface area contributed by atoms with Gasteiger partial charge in [0, 0.05) is 17.7 Å². The fourth-order valence-electron chi connectivity index (χ4n) is 3.31. The molecule has 0 spiro atoms. The molecule has 3 heterocycles. The largest absolute Gasteiger partial charge is 0.480 e. The zero-order valence-corrected chi connectivity index (χ0v) is 14.8. The molecule has 1 aromatic carbocycles. The van der Waals surface area contributed by atoms with Crippen molar-refractivity contribution in [1.29, 1.82) is 0 Å².